The van der Waals surface area contributed by atoms with E-state index >= 15 is 0 Å². The lowest BCUT2D eigenvalue weighted by Crippen LogP contribution is -2.47. The summed E-state index contributed by atoms with van der Waals surface area (Å²) in [5.41, 5.74) is 0.974. The number of aliphatic imine (C=N–C) groups is 1. The Morgan fingerprint density at radius 3 is 2.32 bits per heavy atom. The van der Waals surface area contributed by atoms with E-state index in [1.165, 1.54) is 6.07 Å². The second kappa shape index (κ2) is 14.2. The fraction of sp³-hybridized carbons (Fsp3) is 0.682. The maximum atomic E-state index is 13.9. The summed E-state index contributed by atoms with van der Waals surface area (Å²) in [4.78, 5) is 9.58. The van der Waals surface area contributed by atoms with E-state index in [1.54, 1.807) is 12.1 Å². The summed E-state index contributed by atoms with van der Waals surface area (Å²) in [5.74, 6) is 0.595. The highest BCUT2D eigenvalue weighted by Crippen LogP contribution is 2.22. The Hall–Kier alpha value is -1.01. The molecule has 0 spiro atoms. The lowest BCUT2D eigenvalue weighted by molar-refractivity contribution is 0.0169. The van der Waals surface area contributed by atoms with Crippen LogP contribution >= 0.6 is 24.0 Å². The molecule has 0 aromatic heterocycles. The van der Waals surface area contributed by atoms with Gasteiger partial charge in [-0.15, -0.1) is 24.0 Å². The Bertz CT molecular complexity index is 669. The maximum Gasteiger partial charge on any atom is 0.191 e. The molecule has 176 valence electrons. The first kappa shape index (κ1) is 26.2. The van der Waals surface area contributed by atoms with Crippen LogP contribution in [0.15, 0.2) is 29.3 Å². The molecule has 3 rings (SSSR count). The first-order valence-corrected chi connectivity index (χ1v) is 11.1. The van der Waals surface area contributed by atoms with Crippen molar-refractivity contribution < 1.29 is 13.9 Å². The molecule has 2 saturated heterocycles. The van der Waals surface area contributed by atoms with Crippen LogP contribution in [-0.4, -0.2) is 94.0 Å². The maximum absolute atomic E-state index is 13.9. The minimum Gasteiger partial charge on any atom is -0.379 e. The standard InChI is InChI=1S/C22H36FN5O2.HI/c1-3-24-22(25-16-18(2)27-7-11-29-12-8-27)26-17-21(28-9-13-30-14-10-28)19-5-4-6-20(23)15-19;/h4-6,15,18,21H,3,7-14,16-17H2,1-2H3,(H2,24,25,26);1H. The zero-order valence-corrected chi connectivity index (χ0v) is 21.0. The summed E-state index contributed by atoms with van der Waals surface area (Å²) >= 11 is 0. The second-order valence-electron chi connectivity index (χ2n) is 7.82. The van der Waals surface area contributed by atoms with E-state index < -0.39 is 0 Å². The van der Waals surface area contributed by atoms with Crippen molar-refractivity contribution in [3.8, 4) is 0 Å². The molecular weight excluding hydrogens is 512 g/mol. The molecule has 0 amide bonds. The summed E-state index contributed by atoms with van der Waals surface area (Å²) in [5, 5.41) is 6.83. The molecule has 2 fully saturated rings. The Morgan fingerprint density at radius 1 is 1.06 bits per heavy atom. The molecule has 31 heavy (non-hydrogen) atoms. The van der Waals surface area contributed by atoms with Gasteiger partial charge < -0.3 is 20.1 Å². The molecule has 2 heterocycles. The van der Waals surface area contributed by atoms with Crippen molar-refractivity contribution in [2.75, 3.05) is 72.2 Å². The van der Waals surface area contributed by atoms with E-state index in [0.29, 0.717) is 25.8 Å². The van der Waals surface area contributed by atoms with Crippen LogP contribution in [0.3, 0.4) is 0 Å². The van der Waals surface area contributed by atoms with Gasteiger partial charge in [-0.3, -0.25) is 14.8 Å². The lowest BCUT2D eigenvalue weighted by Gasteiger charge is -2.35. The van der Waals surface area contributed by atoms with Gasteiger partial charge in [0.15, 0.2) is 5.96 Å². The molecular formula is C22H37FIN5O2. The smallest absolute Gasteiger partial charge is 0.191 e. The Labute approximate surface area is 202 Å². The van der Waals surface area contributed by atoms with Gasteiger partial charge in [-0.2, -0.15) is 0 Å². The van der Waals surface area contributed by atoms with Crippen LogP contribution in [0.5, 0.6) is 0 Å². The predicted octanol–water partition coefficient (Wildman–Crippen LogP) is 2.09. The Morgan fingerprint density at radius 2 is 1.71 bits per heavy atom. The second-order valence-corrected chi connectivity index (χ2v) is 7.82. The van der Waals surface area contributed by atoms with Crippen LogP contribution in [0.1, 0.15) is 25.5 Å². The van der Waals surface area contributed by atoms with Crippen LogP contribution in [0.4, 0.5) is 4.39 Å². The predicted molar refractivity (Wildman–Crippen MR) is 133 cm³/mol. The van der Waals surface area contributed by atoms with E-state index in [1.807, 2.05) is 6.07 Å². The average molecular weight is 549 g/mol. The molecule has 2 aliphatic rings. The van der Waals surface area contributed by atoms with E-state index in [4.69, 9.17) is 14.5 Å². The number of hydrogen-bond acceptors (Lipinski definition) is 5. The van der Waals surface area contributed by atoms with E-state index in [9.17, 15) is 4.39 Å². The number of benzene rings is 1. The van der Waals surface area contributed by atoms with Gasteiger partial charge in [0.05, 0.1) is 39.0 Å². The number of ether oxygens (including phenoxy) is 2. The molecule has 2 N–H and O–H groups in total. The number of hydrogen-bond donors (Lipinski definition) is 2. The summed E-state index contributed by atoms with van der Waals surface area (Å²) in [6.45, 7) is 13.0. The van der Waals surface area contributed by atoms with Gasteiger partial charge >= 0.3 is 0 Å². The first-order valence-electron chi connectivity index (χ1n) is 11.1. The summed E-state index contributed by atoms with van der Waals surface area (Å²) < 4.78 is 24.8. The van der Waals surface area contributed by atoms with Crippen LogP contribution in [0.25, 0.3) is 0 Å². The topological polar surface area (TPSA) is 61.4 Å². The third-order valence-electron chi connectivity index (χ3n) is 5.71. The van der Waals surface area contributed by atoms with Gasteiger partial charge in [-0.05, 0) is 31.5 Å². The van der Waals surface area contributed by atoms with Crippen molar-refractivity contribution >= 4 is 29.9 Å². The van der Waals surface area contributed by atoms with Crippen molar-refractivity contribution in [2.24, 2.45) is 4.99 Å². The van der Waals surface area contributed by atoms with Gasteiger partial charge in [-0.25, -0.2) is 4.39 Å². The summed E-state index contributed by atoms with van der Waals surface area (Å²) in [6.07, 6.45) is 0. The first-order chi connectivity index (χ1) is 14.7. The zero-order valence-electron chi connectivity index (χ0n) is 18.7. The van der Waals surface area contributed by atoms with E-state index in [2.05, 4.69) is 34.3 Å². The number of rotatable bonds is 8. The van der Waals surface area contributed by atoms with Crippen molar-refractivity contribution in [3.05, 3.63) is 35.6 Å². The molecule has 1 aromatic rings. The third kappa shape index (κ3) is 8.45. The van der Waals surface area contributed by atoms with E-state index in [0.717, 1.165) is 64.0 Å². The molecule has 9 heteroatoms. The molecule has 2 aliphatic heterocycles. The van der Waals surface area contributed by atoms with Crippen LogP contribution in [-0.2, 0) is 9.47 Å². The minimum absolute atomic E-state index is 0. The molecule has 2 atom stereocenters. The number of guanidine groups is 1. The number of nitrogens with one attached hydrogen (secondary N) is 2. The molecule has 7 nitrogen and oxygen atoms in total. The van der Waals surface area contributed by atoms with Gasteiger partial charge in [-0.1, -0.05) is 12.1 Å². The Kier molecular flexibility index (Phi) is 12.0. The van der Waals surface area contributed by atoms with Crippen molar-refractivity contribution in [1.29, 1.82) is 0 Å². The fourth-order valence-electron chi connectivity index (χ4n) is 3.95. The highest BCUT2D eigenvalue weighted by molar-refractivity contribution is 14.0. The van der Waals surface area contributed by atoms with Gasteiger partial charge in [0.25, 0.3) is 0 Å². The largest absolute Gasteiger partial charge is 0.379 e. The number of nitrogens with zero attached hydrogens (tertiary/aromatic N) is 3. The minimum atomic E-state index is -0.203. The monoisotopic (exact) mass is 549 g/mol. The molecule has 2 unspecified atom stereocenters. The van der Waals surface area contributed by atoms with Gasteiger partial charge in [0.2, 0.25) is 0 Å². The van der Waals surface area contributed by atoms with Crippen LogP contribution in [0.2, 0.25) is 0 Å². The zero-order chi connectivity index (χ0) is 21.2. The van der Waals surface area contributed by atoms with E-state index in [-0.39, 0.29) is 35.8 Å². The molecule has 1 aromatic carbocycles. The van der Waals surface area contributed by atoms with Crippen molar-refractivity contribution in [2.45, 2.75) is 25.9 Å². The number of halogens is 2. The molecule has 0 saturated carbocycles. The quantitative estimate of drug-likeness (QED) is 0.295. The van der Waals surface area contributed by atoms with Crippen molar-refractivity contribution in [1.82, 2.24) is 20.4 Å². The lowest BCUT2D eigenvalue weighted by atomic mass is 10.0. The highest BCUT2D eigenvalue weighted by atomic mass is 127. The average Bonchev–Trinajstić information content (AvgIpc) is 2.78. The Balaban J connectivity index is 0.00000341. The SMILES string of the molecule is CCNC(=NCC(C)N1CCOCC1)NCC(c1cccc(F)c1)N1CCOCC1.I. The molecule has 0 radical (unpaired) electrons. The third-order valence-corrected chi connectivity index (χ3v) is 5.71. The van der Waals surface area contributed by atoms with Crippen LogP contribution in [0, 0.1) is 5.82 Å². The molecule has 0 bridgehead atoms. The summed E-state index contributed by atoms with van der Waals surface area (Å²) in [7, 11) is 0. The summed E-state index contributed by atoms with van der Waals surface area (Å²) in [6, 6.07) is 7.32. The van der Waals surface area contributed by atoms with Gasteiger partial charge in [0.1, 0.15) is 5.82 Å². The fourth-order valence-corrected chi connectivity index (χ4v) is 3.95. The van der Waals surface area contributed by atoms with Crippen molar-refractivity contribution in [3.63, 3.8) is 0 Å². The number of morpholine rings is 2. The van der Waals surface area contributed by atoms with Gasteiger partial charge in [0, 0.05) is 45.3 Å². The highest BCUT2D eigenvalue weighted by Gasteiger charge is 2.23. The normalized spacial score (nSPS) is 20.5. The molecule has 0 aliphatic carbocycles. The van der Waals surface area contributed by atoms with Crippen LogP contribution < -0.4 is 10.6 Å².